The Hall–Kier alpha value is -3.53. The van der Waals surface area contributed by atoms with Gasteiger partial charge in [0.05, 0.1) is 11.6 Å². The summed E-state index contributed by atoms with van der Waals surface area (Å²) in [6.45, 7) is 0. The Morgan fingerprint density at radius 1 is 0.731 bits per heavy atom. The highest BCUT2D eigenvalue weighted by atomic mass is 16.3. The van der Waals surface area contributed by atoms with E-state index < -0.39 is 0 Å². The lowest BCUT2D eigenvalue weighted by molar-refractivity contribution is 0.403. The van der Waals surface area contributed by atoms with Gasteiger partial charge in [-0.05, 0) is 29.3 Å². The Morgan fingerprint density at radius 2 is 1.35 bits per heavy atom. The fraction of sp³-hybridized carbons (Fsp3) is 0.0455. The van der Waals surface area contributed by atoms with Gasteiger partial charge in [-0.25, -0.2) is 4.98 Å². The Labute approximate surface area is 151 Å². The molecule has 1 heterocycles. The van der Waals surface area contributed by atoms with Gasteiger partial charge in [0, 0.05) is 5.56 Å². The van der Waals surface area contributed by atoms with Gasteiger partial charge in [0.25, 0.3) is 0 Å². The minimum Gasteiger partial charge on any atom is -0.504 e. The largest absolute Gasteiger partial charge is 0.504 e. The number of hydrogen-bond acceptors (Lipinski definition) is 4. The molecular formula is C22H17NO3. The van der Waals surface area contributed by atoms with E-state index in [0.717, 1.165) is 16.8 Å². The first-order chi connectivity index (χ1) is 12.7. The molecule has 0 radical (unpaired) electrons. The first kappa shape index (κ1) is 16.0. The molecule has 1 aromatic heterocycles. The number of phenols is 2. The van der Waals surface area contributed by atoms with E-state index in [0.29, 0.717) is 11.5 Å². The fourth-order valence-corrected chi connectivity index (χ4v) is 3.03. The minimum absolute atomic E-state index is 0.0550. The van der Waals surface area contributed by atoms with Crippen LogP contribution < -0.4 is 0 Å². The van der Waals surface area contributed by atoms with Gasteiger partial charge in [-0.1, -0.05) is 60.7 Å². The van der Waals surface area contributed by atoms with Crippen molar-refractivity contribution in [3.63, 3.8) is 0 Å². The van der Waals surface area contributed by atoms with Crippen molar-refractivity contribution in [3.05, 3.63) is 102 Å². The number of aromatic hydroxyl groups is 2. The quantitative estimate of drug-likeness (QED) is 0.515. The molecule has 4 aromatic rings. The summed E-state index contributed by atoms with van der Waals surface area (Å²) in [5, 5.41) is 19.2. The van der Waals surface area contributed by atoms with Gasteiger partial charge in [-0.3, -0.25) is 0 Å². The smallest absolute Gasteiger partial charge is 0.226 e. The van der Waals surface area contributed by atoms with E-state index in [1.807, 2.05) is 36.4 Å². The van der Waals surface area contributed by atoms with Gasteiger partial charge in [0.1, 0.15) is 6.26 Å². The van der Waals surface area contributed by atoms with Crippen LogP contribution in [0.15, 0.2) is 89.5 Å². The van der Waals surface area contributed by atoms with Crippen LogP contribution in [-0.2, 0) is 0 Å². The van der Waals surface area contributed by atoms with Crippen LogP contribution in [0.25, 0.3) is 11.5 Å². The van der Waals surface area contributed by atoms with E-state index in [1.165, 1.54) is 12.1 Å². The molecule has 4 nitrogen and oxygen atoms in total. The third kappa shape index (κ3) is 3.05. The molecule has 26 heavy (non-hydrogen) atoms. The van der Waals surface area contributed by atoms with Crippen molar-refractivity contribution in [1.29, 1.82) is 0 Å². The molecule has 0 aliphatic heterocycles. The van der Waals surface area contributed by atoms with E-state index in [-0.39, 0.29) is 17.4 Å². The zero-order valence-electron chi connectivity index (χ0n) is 13.9. The van der Waals surface area contributed by atoms with E-state index in [9.17, 15) is 10.2 Å². The molecule has 0 atom stereocenters. The number of aromatic nitrogens is 1. The Bertz CT molecular complexity index is 971. The molecule has 0 aliphatic rings. The van der Waals surface area contributed by atoms with Crippen LogP contribution in [0.1, 0.15) is 22.7 Å². The third-order valence-electron chi connectivity index (χ3n) is 4.31. The van der Waals surface area contributed by atoms with Gasteiger partial charge >= 0.3 is 0 Å². The van der Waals surface area contributed by atoms with Crippen LogP contribution in [0.5, 0.6) is 11.5 Å². The number of benzene rings is 3. The van der Waals surface area contributed by atoms with Crippen LogP contribution in [0.2, 0.25) is 0 Å². The van der Waals surface area contributed by atoms with E-state index in [2.05, 4.69) is 29.2 Å². The molecule has 0 fully saturated rings. The summed E-state index contributed by atoms with van der Waals surface area (Å²) in [4.78, 5) is 4.64. The first-order valence-electron chi connectivity index (χ1n) is 8.30. The summed E-state index contributed by atoms with van der Waals surface area (Å²) in [6, 6.07) is 24.8. The second kappa shape index (κ2) is 6.76. The lowest BCUT2D eigenvalue weighted by Crippen LogP contribution is -2.03. The average molecular weight is 343 g/mol. The molecular weight excluding hydrogens is 326 g/mol. The number of phenolic OH excluding ortho intramolecular Hbond substituents is 2. The van der Waals surface area contributed by atoms with Crippen LogP contribution >= 0.6 is 0 Å². The van der Waals surface area contributed by atoms with Crippen LogP contribution in [0.3, 0.4) is 0 Å². The molecule has 128 valence electrons. The highest BCUT2D eigenvalue weighted by Gasteiger charge is 2.21. The number of rotatable bonds is 4. The Kier molecular flexibility index (Phi) is 4.15. The topological polar surface area (TPSA) is 66.5 Å². The second-order valence-corrected chi connectivity index (χ2v) is 6.04. The number of oxazole rings is 1. The van der Waals surface area contributed by atoms with Crippen LogP contribution in [-0.4, -0.2) is 15.2 Å². The van der Waals surface area contributed by atoms with Gasteiger partial charge in [-0.15, -0.1) is 0 Å². The Balaban J connectivity index is 1.78. The lowest BCUT2D eigenvalue weighted by atomic mass is 9.89. The maximum atomic E-state index is 9.71. The molecule has 0 amide bonds. The predicted octanol–water partition coefficient (Wildman–Crippen LogP) is 4.93. The second-order valence-electron chi connectivity index (χ2n) is 6.04. The van der Waals surface area contributed by atoms with Crippen molar-refractivity contribution in [2.24, 2.45) is 0 Å². The van der Waals surface area contributed by atoms with E-state index in [4.69, 9.17) is 4.42 Å². The molecule has 0 saturated carbocycles. The molecule has 2 N–H and O–H groups in total. The zero-order chi connectivity index (χ0) is 17.9. The predicted molar refractivity (Wildman–Crippen MR) is 99.1 cm³/mol. The van der Waals surface area contributed by atoms with Crippen LogP contribution in [0, 0.1) is 0 Å². The number of hydrogen-bond donors (Lipinski definition) is 2. The minimum atomic E-state index is -0.204. The summed E-state index contributed by atoms with van der Waals surface area (Å²) >= 11 is 0. The summed E-state index contributed by atoms with van der Waals surface area (Å²) in [5.41, 5.74) is 3.62. The highest BCUT2D eigenvalue weighted by Crippen LogP contribution is 2.34. The van der Waals surface area contributed by atoms with Crippen molar-refractivity contribution >= 4 is 0 Å². The highest BCUT2D eigenvalue weighted by molar-refractivity contribution is 5.59. The lowest BCUT2D eigenvalue weighted by Gasteiger charge is -2.15. The van der Waals surface area contributed by atoms with Gasteiger partial charge in [0.15, 0.2) is 11.5 Å². The maximum absolute atomic E-state index is 9.71. The summed E-state index contributed by atoms with van der Waals surface area (Å²) in [7, 11) is 0. The molecule has 0 unspecified atom stereocenters. The molecule has 0 bridgehead atoms. The standard InChI is InChI=1S/C22H17NO3/c24-19-12-11-17(13-20(19)25)22-23-18(14-26-22)21(15-7-3-1-4-8-15)16-9-5-2-6-10-16/h1-14,21,24-25H. The first-order valence-corrected chi connectivity index (χ1v) is 8.30. The maximum Gasteiger partial charge on any atom is 0.226 e. The summed E-state index contributed by atoms with van der Waals surface area (Å²) < 4.78 is 5.67. The molecule has 0 spiro atoms. The van der Waals surface area contributed by atoms with Gasteiger partial charge < -0.3 is 14.6 Å². The van der Waals surface area contributed by atoms with Crippen molar-refractivity contribution in [2.45, 2.75) is 5.92 Å². The molecule has 3 aromatic carbocycles. The summed E-state index contributed by atoms with van der Waals surface area (Å²) in [6.07, 6.45) is 1.64. The van der Waals surface area contributed by atoms with Crippen molar-refractivity contribution in [1.82, 2.24) is 4.98 Å². The molecule has 0 aliphatic carbocycles. The molecule has 0 saturated heterocycles. The van der Waals surface area contributed by atoms with Crippen molar-refractivity contribution < 1.29 is 14.6 Å². The van der Waals surface area contributed by atoms with Crippen molar-refractivity contribution in [3.8, 4) is 23.0 Å². The fourth-order valence-electron chi connectivity index (χ4n) is 3.03. The van der Waals surface area contributed by atoms with Crippen molar-refractivity contribution in [2.75, 3.05) is 0 Å². The van der Waals surface area contributed by atoms with E-state index in [1.54, 1.807) is 12.3 Å². The van der Waals surface area contributed by atoms with E-state index >= 15 is 0 Å². The SMILES string of the molecule is Oc1ccc(-c2nc(C(c3ccccc3)c3ccccc3)co2)cc1O. The number of nitrogens with zero attached hydrogens (tertiary/aromatic N) is 1. The Morgan fingerprint density at radius 3 is 1.92 bits per heavy atom. The average Bonchev–Trinajstić information content (AvgIpc) is 3.16. The molecule has 4 rings (SSSR count). The summed E-state index contributed by atoms with van der Waals surface area (Å²) in [5.74, 6) is -0.0373. The molecule has 4 heteroatoms. The van der Waals surface area contributed by atoms with Crippen LogP contribution in [0.4, 0.5) is 0 Å². The zero-order valence-corrected chi connectivity index (χ0v) is 13.9. The van der Waals surface area contributed by atoms with Gasteiger partial charge in [-0.2, -0.15) is 0 Å². The monoisotopic (exact) mass is 343 g/mol. The van der Waals surface area contributed by atoms with Gasteiger partial charge in [0.2, 0.25) is 5.89 Å². The normalized spacial score (nSPS) is 11.0. The third-order valence-corrected chi connectivity index (χ3v) is 4.31.